The van der Waals surface area contributed by atoms with Gasteiger partial charge in [0, 0.05) is 12.5 Å². The van der Waals surface area contributed by atoms with E-state index in [1.165, 1.54) is 24.3 Å². The number of hydrogen-bond acceptors (Lipinski definition) is 2. The number of carbonyl (C=O) groups is 1. The minimum Gasteiger partial charge on any atom is -0.494 e. The second-order valence-corrected chi connectivity index (χ2v) is 7.61. The maximum absolute atomic E-state index is 13.9. The monoisotopic (exact) mass is 367 g/mol. The van der Waals surface area contributed by atoms with E-state index in [2.05, 4.69) is 29.2 Å². The van der Waals surface area contributed by atoms with Crippen LogP contribution >= 0.6 is 0 Å². The molecule has 27 heavy (non-hydrogen) atoms. The predicted octanol–water partition coefficient (Wildman–Crippen LogP) is 4.84. The van der Waals surface area contributed by atoms with Crippen molar-refractivity contribution >= 4 is 5.91 Å². The minimum atomic E-state index is -0.372. The average Bonchev–Trinajstić information content (AvgIpc) is 3.52. The van der Waals surface area contributed by atoms with Gasteiger partial charge in [0.15, 0.2) is 11.6 Å². The topological polar surface area (TPSA) is 29.5 Å². The number of nitrogens with zero attached hydrogens (tertiary/aromatic N) is 1. The standard InChI is InChI=1S/C23H26FNO2/c1-27-22-13-9-16(15-20(22)24)10-14-23(26)25(18-11-12-18)21-8-4-6-17-5-2-3-7-19(17)21/h2-3,5,7,9,13,15,18,21H,4,6,8,10-12,14H2,1H3. The summed E-state index contributed by atoms with van der Waals surface area (Å²) in [4.78, 5) is 15.3. The molecule has 1 amide bonds. The van der Waals surface area contributed by atoms with E-state index in [-0.39, 0.29) is 23.5 Å². The molecule has 0 heterocycles. The number of halogens is 1. The lowest BCUT2D eigenvalue weighted by molar-refractivity contribution is -0.134. The Labute approximate surface area is 160 Å². The van der Waals surface area contributed by atoms with Gasteiger partial charge >= 0.3 is 0 Å². The maximum Gasteiger partial charge on any atom is 0.223 e. The Bertz CT molecular complexity index is 831. The van der Waals surface area contributed by atoms with E-state index >= 15 is 0 Å². The Balaban J connectivity index is 1.49. The molecule has 0 radical (unpaired) electrons. The van der Waals surface area contributed by atoms with E-state index in [0.717, 1.165) is 37.7 Å². The van der Waals surface area contributed by atoms with Crippen molar-refractivity contribution in [2.45, 2.75) is 57.0 Å². The molecule has 2 aromatic rings. The summed E-state index contributed by atoms with van der Waals surface area (Å²) in [5.41, 5.74) is 3.53. The number of benzene rings is 2. The van der Waals surface area contributed by atoms with Crippen molar-refractivity contribution in [2.75, 3.05) is 7.11 Å². The van der Waals surface area contributed by atoms with Gasteiger partial charge in [0.2, 0.25) is 5.91 Å². The molecular formula is C23H26FNO2. The number of hydrogen-bond donors (Lipinski definition) is 0. The SMILES string of the molecule is COc1ccc(CCC(=O)N(C2CC2)C2CCCc3ccccc32)cc1F. The molecule has 2 aliphatic rings. The number of ether oxygens (including phenoxy) is 1. The first-order valence-electron chi connectivity index (χ1n) is 9.88. The van der Waals surface area contributed by atoms with E-state index in [9.17, 15) is 9.18 Å². The van der Waals surface area contributed by atoms with Crippen LogP contribution in [0, 0.1) is 5.82 Å². The van der Waals surface area contributed by atoms with Crippen molar-refractivity contribution in [3.63, 3.8) is 0 Å². The molecule has 0 N–H and O–H groups in total. The molecule has 142 valence electrons. The van der Waals surface area contributed by atoms with Gasteiger partial charge in [0.05, 0.1) is 13.2 Å². The lowest BCUT2D eigenvalue weighted by Gasteiger charge is -2.36. The molecule has 0 aliphatic heterocycles. The van der Waals surface area contributed by atoms with Gasteiger partial charge in [-0.15, -0.1) is 0 Å². The summed E-state index contributed by atoms with van der Waals surface area (Å²) in [7, 11) is 1.46. The molecule has 0 saturated heterocycles. The highest BCUT2D eigenvalue weighted by molar-refractivity contribution is 5.78. The number of carbonyl (C=O) groups excluding carboxylic acids is 1. The fraction of sp³-hybridized carbons (Fsp3) is 0.435. The van der Waals surface area contributed by atoms with Crippen LogP contribution in [0.3, 0.4) is 0 Å². The Hall–Kier alpha value is -2.36. The highest BCUT2D eigenvalue weighted by atomic mass is 19.1. The van der Waals surface area contributed by atoms with Gasteiger partial charge in [-0.25, -0.2) is 4.39 Å². The van der Waals surface area contributed by atoms with E-state index in [4.69, 9.17) is 4.74 Å². The Morgan fingerprint density at radius 3 is 2.74 bits per heavy atom. The van der Waals surface area contributed by atoms with Crippen molar-refractivity contribution in [1.82, 2.24) is 4.90 Å². The summed E-state index contributed by atoms with van der Waals surface area (Å²) >= 11 is 0. The third kappa shape index (κ3) is 3.85. The molecule has 0 aromatic heterocycles. The first kappa shape index (κ1) is 18.0. The van der Waals surface area contributed by atoms with Gasteiger partial charge < -0.3 is 9.64 Å². The number of methoxy groups -OCH3 is 1. The molecule has 2 aliphatic carbocycles. The van der Waals surface area contributed by atoms with Crippen molar-refractivity contribution in [1.29, 1.82) is 0 Å². The molecule has 2 aromatic carbocycles. The van der Waals surface area contributed by atoms with Gasteiger partial charge in [-0.2, -0.15) is 0 Å². The normalized spacial score (nSPS) is 18.7. The molecule has 0 spiro atoms. The molecule has 1 unspecified atom stereocenters. The highest BCUT2D eigenvalue weighted by Gasteiger charge is 2.39. The fourth-order valence-corrected chi connectivity index (χ4v) is 4.25. The van der Waals surface area contributed by atoms with Gasteiger partial charge in [-0.05, 0) is 67.3 Å². The highest BCUT2D eigenvalue weighted by Crippen LogP contribution is 2.41. The summed E-state index contributed by atoms with van der Waals surface area (Å²) in [6, 6.07) is 14.1. The van der Waals surface area contributed by atoms with Crippen molar-refractivity contribution in [2.24, 2.45) is 0 Å². The summed E-state index contributed by atoms with van der Waals surface area (Å²) in [6.45, 7) is 0. The number of aryl methyl sites for hydroxylation is 2. The molecular weight excluding hydrogens is 341 g/mol. The summed E-state index contributed by atoms with van der Waals surface area (Å²) < 4.78 is 18.9. The number of rotatable bonds is 6. The lowest BCUT2D eigenvalue weighted by Crippen LogP contribution is -2.38. The van der Waals surface area contributed by atoms with Crippen molar-refractivity contribution in [3.05, 3.63) is 65.0 Å². The van der Waals surface area contributed by atoms with Crippen LogP contribution in [0.25, 0.3) is 0 Å². The van der Waals surface area contributed by atoms with Gasteiger partial charge in [0.1, 0.15) is 0 Å². The van der Waals surface area contributed by atoms with Gasteiger partial charge in [-0.3, -0.25) is 4.79 Å². The summed E-state index contributed by atoms with van der Waals surface area (Å²) in [5.74, 6) is 0.0571. The van der Waals surface area contributed by atoms with E-state index in [0.29, 0.717) is 18.9 Å². The average molecular weight is 367 g/mol. The number of amides is 1. The quantitative estimate of drug-likeness (QED) is 0.731. The van der Waals surface area contributed by atoms with Crippen LogP contribution in [-0.4, -0.2) is 24.0 Å². The van der Waals surface area contributed by atoms with E-state index in [1.54, 1.807) is 6.07 Å². The Kier molecular flexibility index (Phi) is 5.15. The third-order valence-electron chi connectivity index (χ3n) is 5.75. The van der Waals surface area contributed by atoms with Crippen LogP contribution in [-0.2, 0) is 17.6 Å². The van der Waals surface area contributed by atoms with Crippen LogP contribution in [0.15, 0.2) is 42.5 Å². The van der Waals surface area contributed by atoms with Crippen LogP contribution in [0.5, 0.6) is 5.75 Å². The van der Waals surface area contributed by atoms with Gasteiger partial charge in [-0.1, -0.05) is 30.3 Å². The number of fused-ring (bicyclic) bond motifs is 1. The Morgan fingerprint density at radius 1 is 1.19 bits per heavy atom. The zero-order valence-corrected chi connectivity index (χ0v) is 15.8. The summed E-state index contributed by atoms with van der Waals surface area (Å²) in [6.07, 6.45) is 6.43. The van der Waals surface area contributed by atoms with Gasteiger partial charge in [0.25, 0.3) is 0 Å². The zero-order valence-electron chi connectivity index (χ0n) is 15.8. The second-order valence-electron chi connectivity index (χ2n) is 7.61. The lowest BCUT2D eigenvalue weighted by atomic mass is 9.86. The smallest absolute Gasteiger partial charge is 0.223 e. The van der Waals surface area contributed by atoms with E-state index in [1.807, 2.05) is 6.07 Å². The fourth-order valence-electron chi connectivity index (χ4n) is 4.25. The maximum atomic E-state index is 13.9. The second kappa shape index (κ2) is 7.71. The van der Waals surface area contributed by atoms with Crippen LogP contribution in [0.4, 0.5) is 4.39 Å². The van der Waals surface area contributed by atoms with Crippen molar-refractivity contribution in [3.8, 4) is 5.75 Å². The van der Waals surface area contributed by atoms with Crippen molar-refractivity contribution < 1.29 is 13.9 Å². The van der Waals surface area contributed by atoms with Crippen LogP contribution < -0.4 is 4.74 Å². The molecule has 3 nitrogen and oxygen atoms in total. The molecule has 4 heteroatoms. The minimum absolute atomic E-state index is 0.190. The Morgan fingerprint density at radius 2 is 2.00 bits per heavy atom. The zero-order chi connectivity index (χ0) is 18.8. The third-order valence-corrected chi connectivity index (χ3v) is 5.75. The van der Waals surface area contributed by atoms with Crippen LogP contribution in [0.2, 0.25) is 0 Å². The molecule has 4 rings (SSSR count). The molecule has 1 atom stereocenters. The van der Waals surface area contributed by atoms with Crippen LogP contribution in [0.1, 0.15) is 54.8 Å². The largest absolute Gasteiger partial charge is 0.494 e. The summed E-state index contributed by atoms with van der Waals surface area (Å²) in [5, 5.41) is 0. The molecule has 1 fully saturated rings. The first-order valence-corrected chi connectivity index (χ1v) is 9.88. The van der Waals surface area contributed by atoms with E-state index < -0.39 is 0 Å². The molecule has 0 bridgehead atoms. The molecule has 1 saturated carbocycles. The first-order chi connectivity index (χ1) is 13.2. The predicted molar refractivity (Wildman–Crippen MR) is 103 cm³/mol.